The molecule has 0 radical (unpaired) electrons. The normalized spacial score (nSPS) is 31.0. The summed E-state index contributed by atoms with van der Waals surface area (Å²) >= 11 is 3.51. The minimum absolute atomic E-state index is 0.135. The molecule has 0 amide bonds. The minimum Gasteiger partial charge on any atom is -0.326 e. The molecule has 1 aliphatic heterocycles. The summed E-state index contributed by atoms with van der Waals surface area (Å²) < 4.78 is 1.12. The van der Waals surface area contributed by atoms with Crippen molar-refractivity contribution >= 4 is 15.9 Å². The Morgan fingerprint density at radius 3 is 2.35 bits per heavy atom. The minimum atomic E-state index is 0.135. The number of nitrogens with zero attached hydrogens (tertiary/aromatic N) is 1. The smallest absolute Gasteiger partial charge is 0.0499 e. The number of piperidine rings is 1. The highest BCUT2D eigenvalue weighted by Crippen LogP contribution is 2.35. The van der Waals surface area contributed by atoms with E-state index in [1.807, 2.05) is 0 Å². The molecule has 2 nitrogen and oxygen atoms in total. The first-order chi connectivity index (χ1) is 9.40. The average Bonchev–Trinajstić information content (AvgIpc) is 2.37. The van der Waals surface area contributed by atoms with Gasteiger partial charge in [0.1, 0.15) is 0 Å². The van der Waals surface area contributed by atoms with Crippen LogP contribution in [0.3, 0.4) is 0 Å². The Morgan fingerprint density at radius 2 is 1.80 bits per heavy atom. The van der Waals surface area contributed by atoms with Gasteiger partial charge in [-0.25, -0.2) is 0 Å². The second kappa shape index (κ2) is 6.59. The zero-order valence-corrected chi connectivity index (χ0v) is 14.6. The molecule has 112 valence electrons. The van der Waals surface area contributed by atoms with Gasteiger partial charge < -0.3 is 5.73 Å². The molecule has 0 aliphatic carbocycles. The van der Waals surface area contributed by atoms with E-state index in [-0.39, 0.29) is 6.04 Å². The number of hydrogen-bond acceptors (Lipinski definition) is 2. The lowest BCUT2D eigenvalue weighted by Crippen LogP contribution is -2.51. The highest BCUT2D eigenvalue weighted by Gasteiger charge is 2.35. The molecule has 0 spiro atoms. The highest BCUT2D eigenvalue weighted by atomic mass is 79.9. The van der Waals surface area contributed by atoms with Crippen LogP contribution in [-0.4, -0.2) is 23.5 Å². The average molecular weight is 339 g/mol. The second-order valence-corrected chi connectivity index (χ2v) is 7.53. The summed E-state index contributed by atoms with van der Waals surface area (Å²) in [6, 6.07) is 9.67. The van der Waals surface area contributed by atoms with Crippen LogP contribution in [0.5, 0.6) is 0 Å². The maximum absolute atomic E-state index is 6.34. The number of likely N-dealkylation sites (tertiary alicyclic amines) is 1. The van der Waals surface area contributed by atoms with Gasteiger partial charge in [0.2, 0.25) is 0 Å². The topological polar surface area (TPSA) is 29.3 Å². The van der Waals surface area contributed by atoms with E-state index >= 15 is 0 Å². The van der Waals surface area contributed by atoms with E-state index in [9.17, 15) is 0 Å². The van der Waals surface area contributed by atoms with E-state index in [0.29, 0.717) is 12.1 Å². The fraction of sp³-hybridized carbons (Fsp3) is 0.647. The quantitative estimate of drug-likeness (QED) is 0.894. The summed E-state index contributed by atoms with van der Waals surface area (Å²) in [4.78, 5) is 2.62. The molecule has 1 fully saturated rings. The summed E-state index contributed by atoms with van der Waals surface area (Å²) in [6.45, 7) is 10.4. The van der Waals surface area contributed by atoms with E-state index in [0.717, 1.165) is 22.9 Å². The Kier molecular flexibility index (Phi) is 5.27. The maximum atomic E-state index is 6.34. The molecule has 0 saturated carbocycles. The van der Waals surface area contributed by atoms with Crippen LogP contribution in [0.4, 0.5) is 0 Å². The van der Waals surface area contributed by atoms with Gasteiger partial charge in [-0.1, -0.05) is 41.9 Å². The first kappa shape index (κ1) is 16.0. The number of benzene rings is 1. The van der Waals surface area contributed by atoms with Gasteiger partial charge in [0.15, 0.2) is 0 Å². The Hall–Kier alpha value is -0.380. The molecular weight excluding hydrogens is 312 g/mol. The van der Waals surface area contributed by atoms with Gasteiger partial charge in [-0.3, -0.25) is 4.90 Å². The standard InChI is InChI=1S/C17H27BrN2/c1-11-9-12(2)14(4)20(10-11)17(13(3)19)15-5-7-16(18)8-6-15/h5-8,11-14,17H,9-10,19H2,1-4H3. The number of nitrogens with two attached hydrogens (primary N) is 1. The largest absolute Gasteiger partial charge is 0.326 e. The molecule has 1 heterocycles. The predicted octanol–water partition coefficient (Wildman–Crippen LogP) is 4.20. The van der Waals surface area contributed by atoms with Crippen LogP contribution < -0.4 is 5.73 Å². The lowest BCUT2D eigenvalue weighted by atomic mass is 9.83. The van der Waals surface area contributed by atoms with Gasteiger partial charge in [0, 0.05) is 29.1 Å². The van der Waals surface area contributed by atoms with E-state index in [1.54, 1.807) is 0 Å². The summed E-state index contributed by atoms with van der Waals surface area (Å²) in [5, 5.41) is 0. The van der Waals surface area contributed by atoms with Crippen molar-refractivity contribution in [3.63, 3.8) is 0 Å². The number of rotatable bonds is 3. The molecule has 2 N–H and O–H groups in total. The van der Waals surface area contributed by atoms with Crippen molar-refractivity contribution in [2.45, 2.75) is 52.2 Å². The molecule has 1 saturated heterocycles. The molecule has 5 atom stereocenters. The Balaban J connectivity index is 2.30. The van der Waals surface area contributed by atoms with Crippen LogP contribution >= 0.6 is 15.9 Å². The summed E-state index contributed by atoms with van der Waals surface area (Å²) in [5.74, 6) is 1.48. The van der Waals surface area contributed by atoms with E-state index < -0.39 is 0 Å². The molecule has 1 aliphatic rings. The highest BCUT2D eigenvalue weighted by molar-refractivity contribution is 9.10. The Bertz CT molecular complexity index is 429. The molecule has 0 bridgehead atoms. The Labute approximate surface area is 131 Å². The first-order valence-corrected chi connectivity index (χ1v) is 8.46. The lowest BCUT2D eigenvalue weighted by molar-refractivity contribution is 0.0314. The molecule has 20 heavy (non-hydrogen) atoms. The summed E-state index contributed by atoms with van der Waals surface area (Å²) in [6.07, 6.45) is 1.32. The van der Waals surface area contributed by atoms with Crippen LogP contribution in [0.2, 0.25) is 0 Å². The fourth-order valence-electron chi connectivity index (χ4n) is 3.58. The van der Waals surface area contributed by atoms with Gasteiger partial charge in [-0.15, -0.1) is 0 Å². The van der Waals surface area contributed by atoms with Crippen molar-refractivity contribution in [1.29, 1.82) is 0 Å². The van der Waals surface area contributed by atoms with Crippen LogP contribution in [0, 0.1) is 11.8 Å². The molecule has 5 unspecified atom stereocenters. The van der Waals surface area contributed by atoms with Gasteiger partial charge in [0.25, 0.3) is 0 Å². The SMILES string of the molecule is CC1CC(C)C(C)N(C(c2ccc(Br)cc2)C(C)N)C1. The van der Waals surface area contributed by atoms with Crippen LogP contribution in [0.1, 0.15) is 45.7 Å². The maximum Gasteiger partial charge on any atom is 0.0499 e. The fourth-order valence-corrected chi connectivity index (χ4v) is 3.85. The summed E-state index contributed by atoms with van der Waals surface area (Å²) in [7, 11) is 0. The molecule has 2 rings (SSSR count). The van der Waals surface area contributed by atoms with Crippen molar-refractivity contribution in [2.24, 2.45) is 17.6 Å². The zero-order chi connectivity index (χ0) is 14.9. The van der Waals surface area contributed by atoms with Crippen LogP contribution in [0.25, 0.3) is 0 Å². The Morgan fingerprint density at radius 1 is 1.20 bits per heavy atom. The van der Waals surface area contributed by atoms with E-state index in [2.05, 4.69) is 72.8 Å². The molecular formula is C17H27BrN2. The van der Waals surface area contributed by atoms with Gasteiger partial charge in [0.05, 0.1) is 0 Å². The zero-order valence-electron chi connectivity index (χ0n) is 13.0. The van der Waals surface area contributed by atoms with Crippen molar-refractivity contribution in [1.82, 2.24) is 4.90 Å². The van der Waals surface area contributed by atoms with E-state index in [4.69, 9.17) is 5.73 Å². The molecule has 0 aromatic heterocycles. The molecule has 3 heteroatoms. The third kappa shape index (κ3) is 3.44. The molecule has 1 aromatic carbocycles. The van der Waals surface area contributed by atoms with E-state index in [1.165, 1.54) is 12.0 Å². The van der Waals surface area contributed by atoms with Crippen molar-refractivity contribution < 1.29 is 0 Å². The summed E-state index contributed by atoms with van der Waals surface area (Å²) in [5.41, 5.74) is 7.67. The van der Waals surface area contributed by atoms with Gasteiger partial charge in [-0.05, 0) is 49.8 Å². The van der Waals surface area contributed by atoms with Crippen molar-refractivity contribution in [3.8, 4) is 0 Å². The van der Waals surface area contributed by atoms with Crippen molar-refractivity contribution in [3.05, 3.63) is 34.3 Å². The predicted molar refractivity (Wildman–Crippen MR) is 89.6 cm³/mol. The third-order valence-electron chi connectivity index (χ3n) is 4.71. The third-order valence-corrected chi connectivity index (χ3v) is 5.24. The van der Waals surface area contributed by atoms with Crippen molar-refractivity contribution in [2.75, 3.05) is 6.54 Å². The van der Waals surface area contributed by atoms with Gasteiger partial charge >= 0.3 is 0 Å². The number of hydrogen-bond donors (Lipinski definition) is 1. The molecule has 1 aromatic rings. The van der Waals surface area contributed by atoms with Crippen LogP contribution in [0.15, 0.2) is 28.7 Å². The second-order valence-electron chi connectivity index (χ2n) is 6.61. The lowest BCUT2D eigenvalue weighted by Gasteiger charge is -2.46. The van der Waals surface area contributed by atoms with Crippen LogP contribution in [-0.2, 0) is 0 Å². The monoisotopic (exact) mass is 338 g/mol. The number of halogens is 1. The van der Waals surface area contributed by atoms with Gasteiger partial charge in [-0.2, -0.15) is 0 Å². The first-order valence-electron chi connectivity index (χ1n) is 7.67.